The molecule has 2 aliphatic carbocycles. The molecule has 0 unspecified atom stereocenters. The maximum absolute atomic E-state index is 13.8. The lowest BCUT2D eigenvalue weighted by atomic mass is 9.84. The molecule has 6 atom stereocenters. The van der Waals surface area contributed by atoms with E-state index in [1.54, 1.807) is 24.3 Å². The number of halogens is 3. The first-order chi connectivity index (χ1) is 14.8. The number of carbonyl (C=O) groups is 1. The first-order valence-corrected chi connectivity index (χ1v) is 11.1. The average molecular weight is 432 g/mol. The molecule has 0 spiro atoms. The molecule has 2 heterocycles. The zero-order valence-electron chi connectivity index (χ0n) is 17.4. The van der Waals surface area contributed by atoms with Gasteiger partial charge in [-0.1, -0.05) is 36.8 Å². The van der Waals surface area contributed by atoms with Gasteiger partial charge in [0.1, 0.15) is 11.4 Å². The first kappa shape index (κ1) is 20.4. The lowest BCUT2D eigenvalue weighted by Gasteiger charge is -2.34. The van der Waals surface area contributed by atoms with Crippen molar-refractivity contribution in [3.63, 3.8) is 0 Å². The summed E-state index contributed by atoms with van der Waals surface area (Å²) in [5, 5.41) is 10.2. The molecule has 8 heteroatoms. The topological polar surface area (TPSA) is 59.0 Å². The van der Waals surface area contributed by atoms with E-state index in [0.717, 1.165) is 22.6 Å². The Labute approximate surface area is 179 Å². The number of fused-ring (bicyclic) bond motifs is 3. The highest BCUT2D eigenvalue weighted by molar-refractivity contribution is 5.99. The van der Waals surface area contributed by atoms with Crippen molar-refractivity contribution >= 4 is 11.7 Å². The van der Waals surface area contributed by atoms with E-state index < -0.39 is 18.3 Å². The van der Waals surface area contributed by atoms with Gasteiger partial charge in [-0.3, -0.25) is 4.79 Å². The van der Waals surface area contributed by atoms with Gasteiger partial charge in [-0.05, 0) is 49.5 Å². The maximum Gasteiger partial charge on any atom is 0.410 e. The van der Waals surface area contributed by atoms with Crippen LogP contribution in [0.2, 0.25) is 0 Å². The Hall–Kier alpha value is -2.51. The van der Waals surface area contributed by atoms with Crippen LogP contribution in [0.5, 0.6) is 0 Å². The third-order valence-electron chi connectivity index (χ3n) is 7.48. The SMILES string of the molecule is C[C@H](NC(=O)c1cnn2c1N[C@H](c1ccccc1)C[C@@H]2C(F)(F)F)[C@H]1C[C@H]2CC[C@H]1C2. The number of anilines is 1. The van der Waals surface area contributed by atoms with Crippen LogP contribution in [0.1, 0.15) is 67.0 Å². The second-order valence-corrected chi connectivity index (χ2v) is 9.35. The molecule has 2 saturated carbocycles. The quantitative estimate of drug-likeness (QED) is 0.707. The molecule has 2 bridgehead atoms. The summed E-state index contributed by atoms with van der Waals surface area (Å²) in [6, 6.07) is 6.69. The fourth-order valence-corrected chi connectivity index (χ4v) is 5.93. The Morgan fingerprint density at radius 2 is 1.97 bits per heavy atom. The van der Waals surface area contributed by atoms with E-state index >= 15 is 0 Å². The lowest BCUT2D eigenvalue weighted by molar-refractivity contribution is -0.173. The van der Waals surface area contributed by atoms with Crippen LogP contribution in [0.25, 0.3) is 0 Å². The number of nitrogens with zero attached hydrogens (tertiary/aromatic N) is 2. The third kappa shape index (κ3) is 3.70. The minimum Gasteiger partial charge on any atom is -0.363 e. The van der Waals surface area contributed by atoms with E-state index in [2.05, 4.69) is 15.7 Å². The van der Waals surface area contributed by atoms with Crippen molar-refractivity contribution in [1.82, 2.24) is 15.1 Å². The van der Waals surface area contributed by atoms with Crippen LogP contribution in [0.4, 0.5) is 19.0 Å². The first-order valence-electron chi connectivity index (χ1n) is 11.1. The van der Waals surface area contributed by atoms with Crippen LogP contribution in [0.15, 0.2) is 36.5 Å². The smallest absolute Gasteiger partial charge is 0.363 e. The fourth-order valence-electron chi connectivity index (χ4n) is 5.93. The molecule has 5 rings (SSSR count). The van der Waals surface area contributed by atoms with Crippen molar-refractivity contribution in [3.05, 3.63) is 47.7 Å². The molecular weight excluding hydrogens is 405 g/mol. The summed E-state index contributed by atoms with van der Waals surface area (Å²) in [7, 11) is 0. The van der Waals surface area contributed by atoms with E-state index in [0.29, 0.717) is 11.8 Å². The second kappa shape index (κ2) is 7.57. The fraction of sp³-hybridized carbons (Fsp3) is 0.565. The van der Waals surface area contributed by atoms with Crippen LogP contribution >= 0.6 is 0 Å². The Morgan fingerprint density at radius 1 is 1.19 bits per heavy atom. The number of rotatable bonds is 4. The van der Waals surface area contributed by atoms with Crippen LogP contribution in [0, 0.1) is 17.8 Å². The Morgan fingerprint density at radius 3 is 2.61 bits per heavy atom. The Bertz CT molecular complexity index is 957. The number of aromatic nitrogens is 2. The molecule has 0 radical (unpaired) electrons. The van der Waals surface area contributed by atoms with Crippen molar-refractivity contribution < 1.29 is 18.0 Å². The molecule has 2 N–H and O–H groups in total. The van der Waals surface area contributed by atoms with Crippen molar-refractivity contribution in [2.45, 2.75) is 63.3 Å². The van der Waals surface area contributed by atoms with Crippen molar-refractivity contribution in [1.29, 1.82) is 0 Å². The molecule has 5 nitrogen and oxygen atoms in total. The second-order valence-electron chi connectivity index (χ2n) is 9.35. The predicted molar refractivity (Wildman–Crippen MR) is 111 cm³/mol. The normalized spacial score (nSPS) is 30.5. The van der Waals surface area contributed by atoms with Gasteiger partial charge in [-0.15, -0.1) is 0 Å². The van der Waals surface area contributed by atoms with E-state index in [4.69, 9.17) is 0 Å². The highest BCUT2D eigenvalue weighted by Gasteiger charge is 2.47. The number of hydrogen-bond acceptors (Lipinski definition) is 3. The molecule has 1 aliphatic heterocycles. The lowest BCUT2D eigenvalue weighted by Crippen LogP contribution is -2.41. The summed E-state index contributed by atoms with van der Waals surface area (Å²) in [5.74, 6) is 1.64. The van der Waals surface area contributed by atoms with Crippen molar-refractivity contribution in [3.8, 4) is 0 Å². The molecule has 31 heavy (non-hydrogen) atoms. The number of benzene rings is 1. The van der Waals surface area contributed by atoms with Gasteiger partial charge in [0.2, 0.25) is 0 Å². The molecule has 1 aromatic heterocycles. The summed E-state index contributed by atoms with van der Waals surface area (Å²) >= 11 is 0. The maximum atomic E-state index is 13.8. The van der Waals surface area contributed by atoms with Crippen molar-refractivity contribution in [2.75, 3.05) is 5.32 Å². The highest BCUT2D eigenvalue weighted by Crippen LogP contribution is 2.49. The average Bonchev–Trinajstić information content (AvgIpc) is 3.48. The molecular formula is C23H27F3N4O. The number of nitrogens with one attached hydrogen (secondary N) is 2. The van der Waals surface area contributed by atoms with Gasteiger partial charge < -0.3 is 10.6 Å². The minimum atomic E-state index is -4.46. The molecule has 1 aromatic carbocycles. The Kier molecular flexibility index (Phi) is 4.98. The van der Waals surface area contributed by atoms with E-state index in [1.165, 1.54) is 25.5 Å². The van der Waals surface area contributed by atoms with Gasteiger partial charge in [0.15, 0.2) is 6.04 Å². The van der Waals surface area contributed by atoms with Gasteiger partial charge >= 0.3 is 6.18 Å². The zero-order chi connectivity index (χ0) is 21.8. The van der Waals surface area contributed by atoms with Crippen LogP contribution < -0.4 is 10.6 Å². The predicted octanol–water partition coefficient (Wildman–Crippen LogP) is 5.10. The van der Waals surface area contributed by atoms with Crippen LogP contribution in [-0.2, 0) is 0 Å². The van der Waals surface area contributed by atoms with Gasteiger partial charge in [0, 0.05) is 12.5 Å². The van der Waals surface area contributed by atoms with E-state index in [1.807, 2.05) is 13.0 Å². The van der Waals surface area contributed by atoms with Crippen LogP contribution in [-0.4, -0.2) is 27.9 Å². The minimum absolute atomic E-state index is 0.00901. The summed E-state index contributed by atoms with van der Waals surface area (Å²) < 4.78 is 42.4. The molecule has 3 aliphatic rings. The number of carbonyl (C=O) groups excluding carboxylic acids is 1. The zero-order valence-corrected chi connectivity index (χ0v) is 17.4. The Balaban J connectivity index is 1.40. The summed E-state index contributed by atoms with van der Waals surface area (Å²) in [4.78, 5) is 13.1. The van der Waals surface area contributed by atoms with Crippen LogP contribution in [0.3, 0.4) is 0 Å². The van der Waals surface area contributed by atoms with Crippen molar-refractivity contribution in [2.24, 2.45) is 17.8 Å². The highest BCUT2D eigenvalue weighted by atomic mass is 19.4. The van der Waals surface area contributed by atoms with E-state index in [9.17, 15) is 18.0 Å². The van der Waals surface area contributed by atoms with Gasteiger partial charge in [0.25, 0.3) is 5.91 Å². The van der Waals surface area contributed by atoms with E-state index in [-0.39, 0.29) is 29.8 Å². The molecule has 1 amide bonds. The number of amides is 1. The number of alkyl halides is 3. The molecule has 0 saturated heterocycles. The number of hydrogen-bond donors (Lipinski definition) is 2. The standard InChI is InChI=1S/C23H27F3N4O/c1-13(17-10-14-7-8-16(17)9-14)28-22(31)18-12-27-30-20(23(24,25)26)11-19(29-21(18)30)15-5-3-2-4-6-15/h2-6,12-14,16-17,19-20,29H,7-11H2,1H3,(H,28,31)/t13-,14-,16-,17+,19-,20+/m0/s1. The summed E-state index contributed by atoms with van der Waals surface area (Å²) in [5.41, 5.74) is 0.927. The van der Waals surface area contributed by atoms with Gasteiger partial charge in [-0.25, -0.2) is 4.68 Å². The molecule has 2 aromatic rings. The third-order valence-corrected chi connectivity index (χ3v) is 7.48. The molecule has 2 fully saturated rings. The monoisotopic (exact) mass is 432 g/mol. The summed E-state index contributed by atoms with van der Waals surface area (Å²) in [6.07, 6.45) is 1.49. The summed E-state index contributed by atoms with van der Waals surface area (Å²) in [6.45, 7) is 2.01. The van der Waals surface area contributed by atoms with Gasteiger partial charge in [0.05, 0.1) is 12.2 Å². The molecule has 166 valence electrons. The van der Waals surface area contributed by atoms with Gasteiger partial charge in [-0.2, -0.15) is 18.3 Å². The largest absolute Gasteiger partial charge is 0.410 e.